The highest BCUT2D eigenvalue weighted by molar-refractivity contribution is 5.77. The molecule has 0 fully saturated rings. The van der Waals surface area contributed by atoms with Gasteiger partial charge in [0.2, 0.25) is 0 Å². The van der Waals surface area contributed by atoms with E-state index in [2.05, 4.69) is 10.1 Å². The number of hydrogen-bond donors (Lipinski definition) is 1. The molecule has 0 atom stereocenters. The Bertz CT molecular complexity index is 451. The monoisotopic (exact) mass is 279 g/mol. The largest absolute Gasteiger partial charge is 0.483 e. The molecule has 0 aliphatic heterocycles. The third-order valence-corrected chi connectivity index (χ3v) is 2.86. The molecule has 1 aromatic rings. The van der Waals surface area contributed by atoms with Crippen LogP contribution in [0, 0.1) is 13.8 Å². The van der Waals surface area contributed by atoms with Crippen molar-refractivity contribution >= 4 is 11.9 Å². The third kappa shape index (κ3) is 5.30. The van der Waals surface area contributed by atoms with Gasteiger partial charge in [0.05, 0.1) is 7.11 Å². The molecule has 5 heteroatoms. The van der Waals surface area contributed by atoms with Gasteiger partial charge in [-0.15, -0.1) is 0 Å². The lowest BCUT2D eigenvalue weighted by Crippen LogP contribution is -2.30. The molecule has 0 aliphatic carbocycles. The highest BCUT2D eigenvalue weighted by Crippen LogP contribution is 2.21. The number of hydrogen-bond acceptors (Lipinski definition) is 4. The fraction of sp³-hybridized carbons (Fsp3) is 0.467. The maximum absolute atomic E-state index is 11.6. The van der Waals surface area contributed by atoms with Crippen LogP contribution in [0.25, 0.3) is 0 Å². The summed E-state index contributed by atoms with van der Waals surface area (Å²) in [7, 11) is 1.35. The summed E-state index contributed by atoms with van der Waals surface area (Å²) >= 11 is 0. The number of aryl methyl sites for hydroxylation is 2. The van der Waals surface area contributed by atoms with Gasteiger partial charge in [0, 0.05) is 13.0 Å². The van der Waals surface area contributed by atoms with Crippen LogP contribution in [0.5, 0.6) is 5.75 Å². The summed E-state index contributed by atoms with van der Waals surface area (Å²) < 4.78 is 10.0. The number of esters is 1. The molecular formula is C15H21NO4. The van der Waals surface area contributed by atoms with Gasteiger partial charge in [0.15, 0.2) is 6.61 Å². The summed E-state index contributed by atoms with van der Waals surface area (Å²) in [4.78, 5) is 22.5. The summed E-state index contributed by atoms with van der Waals surface area (Å²) in [6.45, 7) is 4.29. The Kier molecular flexibility index (Phi) is 6.56. The molecule has 0 heterocycles. The lowest BCUT2D eigenvalue weighted by molar-refractivity contribution is -0.140. The number of para-hydroxylation sites is 1. The molecule has 0 saturated heterocycles. The Labute approximate surface area is 119 Å². The van der Waals surface area contributed by atoms with E-state index in [0.29, 0.717) is 19.4 Å². The van der Waals surface area contributed by atoms with Crippen LogP contribution in [-0.4, -0.2) is 32.1 Å². The fourth-order valence-electron chi connectivity index (χ4n) is 1.78. The first-order chi connectivity index (χ1) is 9.54. The molecule has 0 aromatic heterocycles. The van der Waals surface area contributed by atoms with E-state index in [0.717, 1.165) is 16.9 Å². The van der Waals surface area contributed by atoms with Gasteiger partial charge >= 0.3 is 5.97 Å². The molecule has 0 saturated carbocycles. The number of nitrogens with one attached hydrogen (secondary N) is 1. The lowest BCUT2D eigenvalue weighted by atomic mass is 10.1. The number of methoxy groups -OCH3 is 1. The first-order valence-electron chi connectivity index (χ1n) is 6.57. The summed E-state index contributed by atoms with van der Waals surface area (Å²) in [5.74, 6) is 0.278. The van der Waals surface area contributed by atoms with Crippen LogP contribution in [0.4, 0.5) is 0 Å². The molecule has 0 unspecified atom stereocenters. The summed E-state index contributed by atoms with van der Waals surface area (Å²) in [5.41, 5.74) is 2.01. The second kappa shape index (κ2) is 8.19. The van der Waals surface area contributed by atoms with Crippen molar-refractivity contribution in [3.8, 4) is 5.75 Å². The van der Waals surface area contributed by atoms with E-state index in [1.54, 1.807) is 0 Å². The molecule has 1 N–H and O–H groups in total. The van der Waals surface area contributed by atoms with Gasteiger partial charge in [-0.05, 0) is 31.4 Å². The normalized spacial score (nSPS) is 9.95. The van der Waals surface area contributed by atoms with E-state index >= 15 is 0 Å². The number of rotatable bonds is 7. The minimum Gasteiger partial charge on any atom is -0.483 e. The van der Waals surface area contributed by atoms with Gasteiger partial charge in [-0.3, -0.25) is 9.59 Å². The van der Waals surface area contributed by atoms with Crippen molar-refractivity contribution in [3.05, 3.63) is 29.3 Å². The molecule has 1 rings (SSSR count). The second-order valence-corrected chi connectivity index (χ2v) is 4.54. The van der Waals surface area contributed by atoms with Crippen molar-refractivity contribution in [2.45, 2.75) is 26.7 Å². The van der Waals surface area contributed by atoms with Gasteiger partial charge in [-0.1, -0.05) is 18.2 Å². The number of benzene rings is 1. The van der Waals surface area contributed by atoms with E-state index < -0.39 is 0 Å². The van der Waals surface area contributed by atoms with Gasteiger partial charge in [0.25, 0.3) is 5.91 Å². The number of carbonyl (C=O) groups is 2. The maximum Gasteiger partial charge on any atom is 0.305 e. The molecule has 110 valence electrons. The quantitative estimate of drug-likeness (QED) is 0.610. The highest BCUT2D eigenvalue weighted by atomic mass is 16.5. The molecule has 20 heavy (non-hydrogen) atoms. The van der Waals surface area contributed by atoms with E-state index in [1.807, 2.05) is 32.0 Å². The van der Waals surface area contributed by atoms with Crippen LogP contribution in [0.2, 0.25) is 0 Å². The zero-order valence-electron chi connectivity index (χ0n) is 12.2. The number of ether oxygens (including phenoxy) is 2. The Morgan fingerprint density at radius 2 is 1.85 bits per heavy atom. The lowest BCUT2D eigenvalue weighted by Gasteiger charge is -2.11. The van der Waals surface area contributed by atoms with Crippen molar-refractivity contribution in [2.24, 2.45) is 0 Å². The molecule has 0 aliphatic rings. The molecule has 1 aromatic carbocycles. The van der Waals surface area contributed by atoms with Crippen molar-refractivity contribution in [1.29, 1.82) is 0 Å². The third-order valence-electron chi connectivity index (χ3n) is 2.86. The average molecular weight is 279 g/mol. The van der Waals surface area contributed by atoms with E-state index in [-0.39, 0.29) is 18.5 Å². The maximum atomic E-state index is 11.6. The topological polar surface area (TPSA) is 64.6 Å². The SMILES string of the molecule is COC(=O)CCCNC(=O)COc1c(C)cccc1C. The van der Waals surface area contributed by atoms with Crippen molar-refractivity contribution < 1.29 is 19.1 Å². The highest BCUT2D eigenvalue weighted by Gasteiger charge is 2.07. The molecule has 0 bridgehead atoms. The van der Waals surface area contributed by atoms with E-state index in [9.17, 15) is 9.59 Å². The number of carbonyl (C=O) groups excluding carboxylic acids is 2. The van der Waals surface area contributed by atoms with Crippen LogP contribution in [0.15, 0.2) is 18.2 Å². The van der Waals surface area contributed by atoms with Crippen LogP contribution in [0.3, 0.4) is 0 Å². The zero-order valence-corrected chi connectivity index (χ0v) is 12.2. The minimum atomic E-state index is -0.272. The van der Waals surface area contributed by atoms with Crippen molar-refractivity contribution in [1.82, 2.24) is 5.32 Å². The molecule has 0 spiro atoms. The Morgan fingerprint density at radius 3 is 2.45 bits per heavy atom. The van der Waals surface area contributed by atoms with E-state index in [4.69, 9.17) is 4.74 Å². The van der Waals surface area contributed by atoms with Gasteiger partial charge in [0.1, 0.15) is 5.75 Å². The summed E-state index contributed by atoms with van der Waals surface area (Å²) in [5, 5.41) is 2.70. The van der Waals surface area contributed by atoms with Crippen molar-refractivity contribution in [3.63, 3.8) is 0 Å². The Balaban J connectivity index is 2.28. The summed E-state index contributed by atoms with van der Waals surface area (Å²) in [6.07, 6.45) is 0.857. The first kappa shape index (κ1) is 16.0. The van der Waals surface area contributed by atoms with Crippen LogP contribution >= 0.6 is 0 Å². The molecule has 1 amide bonds. The first-order valence-corrected chi connectivity index (χ1v) is 6.57. The zero-order chi connectivity index (χ0) is 15.0. The molecular weight excluding hydrogens is 258 g/mol. The fourth-order valence-corrected chi connectivity index (χ4v) is 1.78. The van der Waals surface area contributed by atoms with E-state index in [1.165, 1.54) is 7.11 Å². The van der Waals surface area contributed by atoms with Gasteiger partial charge in [-0.2, -0.15) is 0 Å². The summed E-state index contributed by atoms with van der Waals surface area (Å²) in [6, 6.07) is 5.83. The van der Waals surface area contributed by atoms with Crippen molar-refractivity contribution in [2.75, 3.05) is 20.3 Å². The smallest absolute Gasteiger partial charge is 0.305 e. The van der Waals surface area contributed by atoms with Crippen LogP contribution in [-0.2, 0) is 14.3 Å². The standard InChI is InChI=1S/C15H21NO4/c1-11-6-4-7-12(2)15(11)20-10-13(17)16-9-5-8-14(18)19-3/h4,6-7H,5,8-10H2,1-3H3,(H,16,17). The second-order valence-electron chi connectivity index (χ2n) is 4.54. The molecule has 5 nitrogen and oxygen atoms in total. The Hall–Kier alpha value is -2.04. The minimum absolute atomic E-state index is 0.0239. The average Bonchev–Trinajstić information content (AvgIpc) is 2.42. The molecule has 0 radical (unpaired) electrons. The van der Waals surface area contributed by atoms with Crippen LogP contribution in [0.1, 0.15) is 24.0 Å². The van der Waals surface area contributed by atoms with Crippen LogP contribution < -0.4 is 10.1 Å². The number of amides is 1. The van der Waals surface area contributed by atoms with Gasteiger partial charge < -0.3 is 14.8 Å². The Morgan fingerprint density at radius 1 is 1.20 bits per heavy atom. The van der Waals surface area contributed by atoms with Gasteiger partial charge in [-0.25, -0.2) is 0 Å². The predicted molar refractivity (Wildman–Crippen MR) is 75.7 cm³/mol. The predicted octanol–water partition coefficient (Wildman–Crippen LogP) is 1.75.